The van der Waals surface area contributed by atoms with E-state index in [4.69, 9.17) is 0 Å². The summed E-state index contributed by atoms with van der Waals surface area (Å²) in [5, 5.41) is 4.49. The summed E-state index contributed by atoms with van der Waals surface area (Å²) in [7, 11) is 0. The number of halogens is 1. The molecule has 1 N–H and O–H groups in total. The van der Waals surface area contributed by atoms with Gasteiger partial charge in [-0.15, -0.1) is 11.3 Å². The van der Waals surface area contributed by atoms with Gasteiger partial charge in [0.25, 0.3) is 11.5 Å². The maximum absolute atomic E-state index is 12.9. The number of aryl methyl sites for hydroxylation is 2. The number of hydrazone groups is 1. The van der Waals surface area contributed by atoms with Crippen LogP contribution in [0, 0.1) is 5.82 Å². The van der Waals surface area contributed by atoms with E-state index in [-0.39, 0.29) is 17.9 Å². The van der Waals surface area contributed by atoms with Crippen molar-refractivity contribution in [1.82, 2.24) is 15.0 Å². The first-order chi connectivity index (χ1) is 13.1. The van der Waals surface area contributed by atoms with Crippen molar-refractivity contribution in [2.75, 3.05) is 0 Å². The molecule has 0 bridgehead atoms. The topological polar surface area (TPSA) is 76.3 Å². The SMILES string of the molecule is O=C(Cn1cnc2sc3c(c2c1=O)CCCC3)N/N=C\c1ccc(F)cc1. The molecule has 0 unspecified atom stereocenters. The molecular formula is C19H17FN4O2S. The van der Waals surface area contributed by atoms with E-state index in [9.17, 15) is 14.0 Å². The average molecular weight is 384 g/mol. The van der Waals surface area contributed by atoms with E-state index >= 15 is 0 Å². The molecule has 0 radical (unpaired) electrons. The summed E-state index contributed by atoms with van der Waals surface area (Å²) >= 11 is 1.58. The van der Waals surface area contributed by atoms with Crippen molar-refractivity contribution >= 4 is 33.7 Å². The van der Waals surface area contributed by atoms with Gasteiger partial charge in [0.05, 0.1) is 17.9 Å². The molecule has 1 aromatic carbocycles. The lowest BCUT2D eigenvalue weighted by Gasteiger charge is -2.10. The Bertz CT molecular complexity index is 1090. The van der Waals surface area contributed by atoms with Gasteiger partial charge in [-0.25, -0.2) is 14.8 Å². The van der Waals surface area contributed by atoms with Crippen LogP contribution in [0.3, 0.4) is 0 Å². The maximum Gasteiger partial charge on any atom is 0.262 e. The Balaban J connectivity index is 1.49. The average Bonchev–Trinajstić information content (AvgIpc) is 3.05. The lowest BCUT2D eigenvalue weighted by Crippen LogP contribution is -2.30. The van der Waals surface area contributed by atoms with Crippen molar-refractivity contribution in [1.29, 1.82) is 0 Å². The minimum absolute atomic E-state index is 0.160. The Labute approximate surface area is 158 Å². The third-order valence-corrected chi connectivity index (χ3v) is 5.73. The molecule has 0 fully saturated rings. The number of thiophene rings is 1. The van der Waals surface area contributed by atoms with Gasteiger partial charge in [-0.2, -0.15) is 5.10 Å². The van der Waals surface area contributed by atoms with Gasteiger partial charge in [-0.1, -0.05) is 12.1 Å². The van der Waals surface area contributed by atoms with Crippen LogP contribution in [0.5, 0.6) is 0 Å². The Hall–Kier alpha value is -2.87. The summed E-state index contributed by atoms with van der Waals surface area (Å²) < 4.78 is 14.2. The largest absolute Gasteiger partial charge is 0.289 e. The number of nitrogens with zero attached hydrogens (tertiary/aromatic N) is 3. The fourth-order valence-corrected chi connectivity index (χ4v) is 4.43. The molecule has 1 aliphatic rings. The predicted octanol–water partition coefficient (Wildman–Crippen LogP) is 2.63. The molecular weight excluding hydrogens is 367 g/mol. The third-order valence-electron chi connectivity index (χ3n) is 4.53. The zero-order chi connectivity index (χ0) is 18.8. The first kappa shape index (κ1) is 17.5. The van der Waals surface area contributed by atoms with Gasteiger partial charge < -0.3 is 0 Å². The van der Waals surface area contributed by atoms with Crippen LogP contribution < -0.4 is 11.0 Å². The molecule has 3 aromatic rings. The highest BCUT2D eigenvalue weighted by Crippen LogP contribution is 2.33. The number of benzene rings is 1. The van der Waals surface area contributed by atoms with Crippen molar-refractivity contribution in [3.63, 3.8) is 0 Å². The Morgan fingerprint density at radius 1 is 1.30 bits per heavy atom. The summed E-state index contributed by atoms with van der Waals surface area (Å²) in [6.45, 7) is -0.160. The van der Waals surface area contributed by atoms with E-state index in [1.165, 1.54) is 34.1 Å². The molecule has 2 aromatic heterocycles. The first-order valence-corrected chi connectivity index (χ1v) is 9.50. The van der Waals surface area contributed by atoms with Crippen LogP contribution >= 0.6 is 11.3 Å². The van der Waals surface area contributed by atoms with E-state index in [0.717, 1.165) is 36.1 Å². The summed E-state index contributed by atoms with van der Waals surface area (Å²) in [4.78, 5) is 31.3. The molecule has 1 aliphatic carbocycles. The minimum atomic E-state index is -0.430. The number of carbonyl (C=O) groups excluding carboxylic acids is 1. The number of fused-ring (bicyclic) bond motifs is 3. The maximum atomic E-state index is 12.9. The van der Waals surface area contributed by atoms with Crippen LogP contribution in [0.1, 0.15) is 28.8 Å². The number of nitrogens with one attached hydrogen (secondary N) is 1. The highest BCUT2D eigenvalue weighted by Gasteiger charge is 2.20. The van der Waals surface area contributed by atoms with Crippen LogP contribution in [-0.4, -0.2) is 21.7 Å². The lowest BCUT2D eigenvalue weighted by molar-refractivity contribution is -0.121. The third kappa shape index (κ3) is 3.66. The van der Waals surface area contributed by atoms with Crippen LogP contribution in [0.4, 0.5) is 4.39 Å². The van der Waals surface area contributed by atoms with Crippen molar-refractivity contribution in [2.24, 2.45) is 5.10 Å². The van der Waals surface area contributed by atoms with E-state index < -0.39 is 5.91 Å². The second kappa shape index (κ2) is 7.40. The van der Waals surface area contributed by atoms with Crippen molar-refractivity contribution < 1.29 is 9.18 Å². The van der Waals surface area contributed by atoms with Crippen LogP contribution in [0.15, 0.2) is 40.5 Å². The second-order valence-electron chi connectivity index (χ2n) is 6.41. The molecule has 0 spiro atoms. The van der Waals surface area contributed by atoms with E-state index in [0.29, 0.717) is 10.9 Å². The quantitative estimate of drug-likeness (QED) is 0.555. The lowest BCUT2D eigenvalue weighted by atomic mass is 9.97. The van der Waals surface area contributed by atoms with Gasteiger partial charge in [0.2, 0.25) is 0 Å². The van der Waals surface area contributed by atoms with Gasteiger partial charge in [0.1, 0.15) is 17.2 Å². The highest BCUT2D eigenvalue weighted by molar-refractivity contribution is 7.18. The standard InChI is InChI=1S/C19H17FN4O2S/c20-13-7-5-12(6-8-13)9-22-23-16(25)10-24-11-21-18-17(19(24)26)14-3-1-2-4-15(14)27-18/h5-9,11H,1-4,10H2,(H,23,25)/b22-9-. The minimum Gasteiger partial charge on any atom is -0.289 e. The van der Waals surface area contributed by atoms with Crippen LogP contribution in [0.25, 0.3) is 10.2 Å². The van der Waals surface area contributed by atoms with Crippen LogP contribution in [0.2, 0.25) is 0 Å². The zero-order valence-electron chi connectivity index (χ0n) is 14.4. The molecule has 0 atom stereocenters. The van der Waals surface area contributed by atoms with Gasteiger partial charge in [0.15, 0.2) is 0 Å². The molecule has 0 saturated carbocycles. The van der Waals surface area contributed by atoms with Crippen molar-refractivity contribution in [3.8, 4) is 0 Å². The fraction of sp³-hybridized carbons (Fsp3) is 0.263. The summed E-state index contributed by atoms with van der Waals surface area (Å²) in [5.74, 6) is -0.769. The molecule has 1 amide bonds. The van der Waals surface area contributed by atoms with Crippen molar-refractivity contribution in [2.45, 2.75) is 32.2 Å². The molecule has 0 saturated heterocycles. The molecule has 2 heterocycles. The zero-order valence-corrected chi connectivity index (χ0v) is 15.3. The smallest absolute Gasteiger partial charge is 0.262 e. The Morgan fingerprint density at radius 3 is 2.89 bits per heavy atom. The normalized spacial score (nSPS) is 13.8. The van der Waals surface area contributed by atoms with E-state index in [1.54, 1.807) is 23.5 Å². The van der Waals surface area contributed by atoms with E-state index in [1.807, 2.05) is 0 Å². The highest BCUT2D eigenvalue weighted by atomic mass is 32.1. The summed E-state index contributed by atoms with van der Waals surface area (Å²) in [5.41, 5.74) is 3.95. The van der Waals surface area contributed by atoms with Gasteiger partial charge in [-0.05, 0) is 48.9 Å². The number of hydrogen-bond donors (Lipinski definition) is 1. The summed E-state index contributed by atoms with van der Waals surface area (Å²) in [6.07, 6.45) is 6.93. The molecule has 27 heavy (non-hydrogen) atoms. The van der Waals surface area contributed by atoms with Gasteiger partial charge in [0, 0.05) is 4.88 Å². The van der Waals surface area contributed by atoms with Crippen molar-refractivity contribution in [3.05, 3.63) is 62.8 Å². The number of rotatable bonds is 4. The predicted molar refractivity (Wildman–Crippen MR) is 103 cm³/mol. The van der Waals surface area contributed by atoms with E-state index in [2.05, 4.69) is 15.5 Å². The molecule has 0 aliphatic heterocycles. The monoisotopic (exact) mass is 384 g/mol. The number of carbonyl (C=O) groups is 1. The second-order valence-corrected chi connectivity index (χ2v) is 7.50. The Morgan fingerprint density at radius 2 is 2.07 bits per heavy atom. The molecule has 138 valence electrons. The number of amides is 1. The van der Waals surface area contributed by atoms with Crippen LogP contribution in [-0.2, 0) is 24.2 Å². The fourth-order valence-electron chi connectivity index (χ4n) is 3.21. The molecule has 4 rings (SSSR count). The molecule has 8 heteroatoms. The first-order valence-electron chi connectivity index (χ1n) is 8.69. The Kier molecular flexibility index (Phi) is 4.81. The van der Waals surface area contributed by atoms with Gasteiger partial charge in [-0.3, -0.25) is 14.2 Å². The summed E-state index contributed by atoms with van der Waals surface area (Å²) in [6, 6.07) is 5.72. The number of aromatic nitrogens is 2. The number of hydrogen-bond acceptors (Lipinski definition) is 5. The molecule has 6 nitrogen and oxygen atoms in total. The van der Waals surface area contributed by atoms with Gasteiger partial charge >= 0.3 is 0 Å².